The first-order valence-corrected chi connectivity index (χ1v) is 11.7. The van der Waals surface area contributed by atoms with Crippen LogP contribution in [0.2, 0.25) is 5.02 Å². The molecule has 3 unspecified atom stereocenters. The molecule has 31 heavy (non-hydrogen) atoms. The van der Waals surface area contributed by atoms with E-state index in [0.29, 0.717) is 23.7 Å². The van der Waals surface area contributed by atoms with Crippen molar-refractivity contribution in [1.82, 2.24) is 10.2 Å². The number of nitrogens with zero attached hydrogens (tertiary/aromatic N) is 1. The van der Waals surface area contributed by atoms with Gasteiger partial charge in [-0.2, -0.15) is 0 Å². The second-order valence-corrected chi connectivity index (χ2v) is 9.82. The fraction of sp³-hybridized carbons (Fsp3) is 0.571. The second-order valence-electron chi connectivity index (χ2n) is 8.21. The van der Waals surface area contributed by atoms with E-state index in [1.165, 1.54) is 4.90 Å². The molecule has 6 atom stereocenters. The van der Waals surface area contributed by atoms with E-state index in [1.54, 1.807) is 24.3 Å². The van der Waals surface area contributed by atoms with Gasteiger partial charge in [-0.1, -0.05) is 34.5 Å². The molecule has 168 valence electrons. The van der Waals surface area contributed by atoms with E-state index >= 15 is 0 Å². The highest BCUT2D eigenvalue weighted by atomic mass is 79.9. The van der Waals surface area contributed by atoms with Crippen molar-refractivity contribution in [2.75, 3.05) is 25.0 Å². The molecule has 10 heteroatoms. The Morgan fingerprint density at radius 2 is 2.03 bits per heavy atom. The summed E-state index contributed by atoms with van der Waals surface area (Å²) >= 11 is 9.53. The number of aliphatic hydroxyl groups is 1. The number of halogens is 2. The van der Waals surface area contributed by atoms with Crippen LogP contribution < -0.4 is 10.6 Å². The number of ether oxygens (including phenoxy) is 1. The monoisotopic (exact) mass is 513 g/mol. The van der Waals surface area contributed by atoms with Crippen LogP contribution in [-0.4, -0.2) is 70.0 Å². The number of likely N-dealkylation sites (tertiary alicyclic amines) is 1. The van der Waals surface area contributed by atoms with Crippen molar-refractivity contribution >= 4 is 50.9 Å². The number of fused-ring (bicyclic) bond motifs is 1. The third kappa shape index (κ3) is 3.65. The van der Waals surface area contributed by atoms with Crippen molar-refractivity contribution in [1.29, 1.82) is 0 Å². The van der Waals surface area contributed by atoms with Gasteiger partial charge in [-0.15, -0.1) is 0 Å². The highest BCUT2D eigenvalue weighted by Gasteiger charge is 2.76. The average Bonchev–Trinajstić information content (AvgIpc) is 3.32. The third-order valence-electron chi connectivity index (χ3n) is 6.34. The Balaban J connectivity index is 1.68. The molecular weight excluding hydrogens is 490 g/mol. The van der Waals surface area contributed by atoms with Crippen molar-refractivity contribution in [3.63, 3.8) is 0 Å². The number of alkyl halides is 1. The van der Waals surface area contributed by atoms with Gasteiger partial charge in [0, 0.05) is 28.6 Å². The summed E-state index contributed by atoms with van der Waals surface area (Å²) in [5, 5.41) is 15.8. The van der Waals surface area contributed by atoms with Crippen LogP contribution in [-0.2, 0) is 19.1 Å². The van der Waals surface area contributed by atoms with Crippen LogP contribution in [0.5, 0.6) is 0 Å². The Kier molecular flexibility index (Phi) is 6.31. The Hall–Kier alpha value is -1.68. The van der Waals surface area contributed by atoms with E-state index in [0.717, 1.165) is 6.42 Å². The summed E-state index contributed by atoms with van der Waals surface area (Å²) in [5.41, 5.74) is -0.596. The zero-order valence-electron chi connectivity index (χ0n) is 17.0. The zero-order chi connectivity index (χ0) is 22.3. The lowest BCUT2D eigenvalue weighted by atomic mass is 9.70. The van der Waals surface area contributed by atoms with Crippen molar-refractivity contribution in [2.24, 2.45) is 11.8 Å². The molecule has 1 aromatic rings. The molecule has 3 amide bonds. The molecule has 0 saturated carbocycles. The minimum atomic E-state index is -1.13. The number of aliphatic hydroxyl groups excluding tert-OH is 1. The van der Waals surface area contributed by atoms with Gasteiger partial charge in [-0.25, -0.2) is 0 Å². The summed E-state index contributed by atoms with van der Waals surface area (Å²) in [7, 11) is 0. The maximum Gasteiger partial charge on any atom is 0.250 e. The van der Waals surface area contributed by atoms with E-state index < -0.39 is 35.5 Å². The van der Waals surface area contributed by atoms with E-state index in [-0.39, 0.29) is 29.8 Å². The molecule has 1 aromatic carbocycles. The molecule has 0 aliphatic carbocycles. The lowest BCUT2D eigenvalue weighted by Crippen LogP contribution is -2.54. The van der Waals surface area contributed by atoms with Gasteiger partial charge in [0.15, 0.2) is 0 Å². The van der Waals surface area contributed by atoms with E-state index in [1.807, 2.05) is 6.92 Å². The summed E-state index contributed by atoms with van der Waals surface area (Å²) < 4.78 is 6.31. The minimum Gasteiger partial charge on any atom is -0.395 e. The fourth-order valence-corrected chi connectivity index (χ4v) is 6.26. The molecule has 0 aromatic heterocycles. The van der Waals surface area contributed by atoms with Gasteiger partial charge in [-0.05, 0) is 37.1 Å². The minimum absolute atomic E-state index is 0.0138. The molecule has 4 rings (SSSR count). The number of β-amino-alcohol motifs (C(OH)–C–C–N with tert-alkyl or cyclic N) is 1. The molecule has 3 heterocycles. The average molecular weight is 515 g/mol. The molecule has 3 N–H and O–H groups in total. The molecule has 2 bridgehead atoms. The first-order valence-electron chi connectivity index (χ1n) is 10.4. The van der Waals surface area contributed by atoms with E-state index in [2.05, 4.69) is 26.6 Å². The summed E-state index contributed by atoms with van der Waals surface area (Å²) in [4.78, 5) is 40.9. The highest BCUT2D eigenvalue weighted by Crippen LogP contribution is 2.60. The van der Waals surface area contributed by atoms with Gasteiger partial charge >= 0.3 is 0 Å². The summed E-state index contributed by atoms with van der Waals surface area (Å²) in [5.74, 6) is -2.44. The Morgan fingerprint density at radius 1 is 1.32 bits per heavy atom. The second kappa shape index (κ2) is 8.69. The number of amides is 3. The van der Waals surface area contributed by atoms with Crippen LogP contribution in [0, 0.1) is 11.8 Å². The van der Waals surface area contributed by atoms with Crippen LogP contribution in [0.15, 0.2) is 24.3 Å². The first kappa shape index (κ1) is 22.5. The Bertz CT molecular complexity index is 884. The van der Waals surface area contributed by atoms with Crippen LogP contribution >= 0.6 is 27.5 Å². The Morgan fingerprint density at radius 3 is 2.68 bits per heavy atom. The van der Waals surface area contributed by atoms with Gasteiger partial charge < -0.3 is 25.4 Å². The summed E-state index contributed by atoms with van der Waals surface area (Å²) in [6.45, 7) is 2.14. The smallest absolute Gasteiger partial charge is 0.250 e. The molecule has 3 aliphatic rings. The number of hydrogen-bond donors (Lipinski definition) is 3. The first-order chi connectivity index (χ1) is 14.8. The van der Waals surface area contributed by atoms with Gasteiger partial charge in [0.2, 0.25) is 17.7 Å². The zero-order valence-corrected chi connectivity index (χ0v) is 19.4. The van der Waals surface area contributed by atoms with E-state index in [9.17, 15) is 19.5 Å². The normalized spacial score (nSPS) is 33.5. The lowest BCUT2D eigenvalue weighted by Gasteiger charge is -2.34. The maximum absolute atomic E-state index is 13.4. The molecule has 0 radical (unpaired) electrons. The SMILES string of the molecule is CCCNC(=O)[C@H]1[C@H]2C(=O)N(CCO)C(C(=O)Nc3ccc(Cl)cc3)C23CC(Br)[C@@H]1O3. The van der Waals surface area contributed by atoms with Crippen LogP contribution in [0.1, 0.15) is 19.8 Å². The van der Waals surface area contributed by atoms with Crippen molar-refractivity contribution in [3.05, 3.63) is 29.3 Å². The molecule has 3 aliphatic heterocycles. The van der Waals surface area contributed by atoms with Crippen molar-refractivity contribution < 1.29 is 24.2 Å². The molecule has 3 saturated heterocycles. The van der Waals surface area contributed by atoms with Gasteiger partial charge in [0.05, 0.1) is 24.5 Å². The number of hydrogen-bond acceptors (Lipinski definition) is 5. The quantitative estimate of drug-likeness (QED) is 0.479. The lowest BCUT2D eigenvalue weighted by molar-refractivity contribution is -0.141. The molecule has 3 fully saturated rings. The Labute approximate surface area is 193 Å². The number of anilines is 1. The molecule has 8 nitrogen and oxygen atoms in total. The fourth-order valence-electron chi connectivity index (χ4n) is 5.19. The van der Waals surface area contributed by atoms with Crippen LogP contribution in [0.4, 0.5) is 5.69 Å². The van der Waals surface area contributed by atoms with Gasteiger partial charge in [-0.3, -0.25) is 14.4 Å². The third-order valence-corrected chi connectivity index (χ3v) is 7.44. The standard InChI is InChI=1S/C21H25BrClN3O5/c1-2-7-24-18(28)14-15-20(30)26(8-9-27)17(21(15)10-13(22)16(14)31-21)19(29)25-12-5-3-11(23)4-6-12/h3-6,13-17,27H,2,7-10H2,1H3,(H,24,28)(H,25,29)/t13?,14-,15-,16-,17?,21?/m0/s1. The predicted molar refractivity (Wildman–Crippen MR) is 118 cm³/mol. The van der Waals surface area contributed by atoms with Crippen molar-refractivity contribution in [2.45, 2.75) is 42.3 Å². The molecule has 1 spiro atoms. The number of nitrogens with one attached hydrogen (secondary N) is 2. The topological polar surface area (TPSA) is 108 Å². The van der Waals surface area contributed by atoms with Crippen molar-refractivity contribution in [3.8, 4) is 0 Å². The predicted octanol–water partition coefficient (Wildman–Crippen LogP) is 1.54. The largest absolute Gasteiger partial charge is 0.395 e. The molecular formula is C21H25BrClN3O5. The van der Waals surface area contributed by atoms with E-state index in [4.69, 9.17) is 16.3 Å². The summed E-state index contributed by atoms with van der Waals surface area (Å²) in [6.07, 6.45) is 0.702. The maximum atomic E-state index is 13.4. The van der Waals surface area contributed by atoms with Gasteiger partial charge in [0.25, 0.3) is 0 Å². The number of carbonyl (C=O) groups excluding carboxylic acids is 3. The number of rotatable bonds is 7. The van der Waals surface area contributed by atoms with Gasteiger partial charge in [0.1, 0.15) is 11.6 Å². The summed E-state index contributed by atoms with van der Waals surface area (Å²) in [6, 6.07) is 5.70. The number of carbonyl (C=O) groups is 3. The number of benzene rings is 1. The van der Waals surface area contributed by atoms with Crippen LogP contribution in [0.3, 0.4) is 0 Å². The van der Waals surface area contributed by atoms with Crippen LogP contribution in [0.25, 0.3) is 0 Å². The highest BCUT2D eigenvalue weighted by molar-refractivity contribution is 9.09.